The van der Waals surface area contributed by atoms with Crippen LogP contribution in [0.25, 0.3) is 10.9 Å². The molecule has 1 aliphatic rings. The predicted octanol–water partition coefficient (Wildman–Crippen LogP) is 3.42. The lowest BCUT2D eigenvalue weighted by atomic mass is 9.99. The number of carbonyl (C=O) groups is 1. The highest BCUT2D eigenvalue weighted by Crippen LogP contribution is 2.24. The van der Waals surface area contributed by atoms with E-state index in [0.717, 1.165) is 38.4 Å². The van der Waals surface area contributed by atoms with Crippen LogP contribution in [0.3, 0.4) is 0 Å². The van der Waals surface area contributed by atoms with E-state index in [1.807, 2.05) is 6.07 Å². The fraction of sp³-hybridized carbons (Fsp3) is 0.524. The molecule has 28 heavy (non-hydrogen) atoms. The van der Waals surface area contributed by atoms with Gasteiger partial charge in [-0.3, -0.25) is 9.79 Å². The molecule has 7 heteroatoms. The minimum absolute atomic E-state index is 0. The topological polar surface area (TPSA) is 69.7 Å². The van der Waals surface area contributed by atoms with Crippen LogP contribution in [0.15, 0.2) is 35.5 Å². The van der Waals surface area contributed by atoms with Crippen molar-refractivity contribution < 1.29 is 9.53 Å². The van der Waals surface area contributed by atoms with Crippen LogP contribution < -0.4 is 5.32 Å². The van der Waals surface area contributed by atoms with E-state index in [2.05, 4.69) is 53.4 Å². The molecule has 2 unspecified atom stereocenters. The summed E-state index contributed by atoms with van der Waals surface area (Å²) in [7, 11) is 1.46. The molecule has 0 bridgehead atoms. The van der Waals surface area contributed by atoms with Crippen LogP contribution >= 0.6 is 24.0 Å². The van der Waals surface area contributed by atoms with Crippen molar-refractivity contribution in [3.63, 3.8) is 0 Å². The van der Waals surface area contributed by atoms with E-state index in [1.54, 1.807) is 0 Å². The van der Waals surface area contributed by atoms with Crippen molar-refractivity contribution >= 4 is 46.8 Å². The third kappa shape index (κ3) is 5.18. The lowest BCUT2D eigenvalue weighted by Crippen LogP contribution is -2.40. The molecule has 0 amide bonds. The lowest BCUT2D eigenvalue weighted by Gasteiger charge is -2.21. The average Bonchev–Trinajstić information content (AvgIpc) is 3.27. The van der Waals surface area contributed by atoms with Gasteiger partial charge in [0.1, 0.15) is 0 Å². The normalized spacial score (nSPS) is 19.5. The van der Waals surface area contributed by atoms with E-state index >= 15 is 0 Å². The molecule has 2 aromatic rings. The highest BCUT2D eigenvalue weighted by molar-refractivity contribution is 14.0. The zero-order chi connectivity index (χ0) is 19.2. The molecule has 6 nitrogen and oxygen atoms in total. The van der Waals surface area contributed by atoms with Gasteiger partial charge < -0.3 is 19.9 Å². The summed E-state index contributed by atoms with van der Waals surface area (Å²) in [5.41, 5.74) is 2.52. The number of ether oxygens (including phenoxy) is 1. The van der Waals surface area contributed by atoms with Crippen LogP contribution in [0.4, 0.5) is 0 Å². The number of benzene rings is 1. The van der Waals surface area contributed by atoms with Crippen molar-refractivity contribution in [1.82, 2.24) is 15.2 Å². The number of aryl methyl sites for hydroxylation is 1. The van der Waals surface area contributed by atoms with E-state index in [4.69, 9.17) is 9.73 Å². The molecule has 1 aromatic carbocycles. The Morgan fingerprint density at radius 1 is 1.36 bits per heavy atom. The van der Waals surface area contributed by atoms with Crippen molar-refractivity contribution in [2.75, 3.05) is 33.3 Å². The molecule has 3 rings (SSSR count). The van der Waals surface area contributed by atoms with E-state index in [-0.39, 0.29) is 41.8 Å². The van der Waals surface area contributed by atoms with Gasteiger partial charge in [-0.1, -0.05) is 25.1 Å². The van der Waals surface area contributed by atoms with Gasteiger partial charge >= 0.3 is 5.97 Å². The van der Waals surface area contributed by atoms with Crippen molar-refractivity contribution in [3.05, 3.63) is 36.0 Å². The largest absolute Gasteiger partial charge is 0.469 e. The third-order valence-corrected chi connectivity index (χ3v) is 5.29. The van der Waals surface area contributed by atoms with Crippen molar-refractivity contribution in [2.24, 2.45) is 16.8 Å². The Morgan fingerprint density at radius 3 is 2.89 bits per heavy atom. The summed E-state index contributed by atoms with van der Waals surface area (Å²) >= 11 is 0. The zero-order valence-electron chi connectivity index (χ0n) is 16.9. The number of H-pyrrole nitrogens is 1. The Hall–Kier alpha value is -1.77. The number of likely N-dealkylation sites (tertiary alicyclic amines) is 1. The summed E-state index contributed by atoms with van der Waals surface area (Å²) < 4.78 is 4.94. The molecule has 0 saturated carbocycles. The van der Waals surface area contributed by atoms with Gasteiger partial charge in [-0.05, 0) is 37.3 Å². The molecule has 2 N–H and O–H groups in total. The Labute approximate surface area is 184 Å². The van der Waals surface area contributed by atoms with E-state index in [1.165, 1.54) is 23.6 Å². The number of hydrogen-bond acceptors (Lipinski definition) is 3. The van der Waals surface area contributed by atoms with E-state index in [9.17, 15) is 4.79 Å². The number of nitrogens with one attached hydrogen (secondary N) is 2. The zero-order valence-corrected chi connectivity index (χ0v) is 19.2. The van der Waals surface area contributed by atoms with Gasteiger partial charge in [-0.2, -0.15) is 0 Å². The third-order valence-electron chi connectivity index (χ3n) is 5.29. The van der Waals surface area contributed by atoms with Gasteiger partial charge in [-0.15, -0.1) is 24.0 Å². The molecular weight excluding hydrogens is 467 g/mol. The number of hydrogen-bond donors (Lipinski definition) is 2. The molecule has 1 aliphatic heterocycles. The highest BCUT2D eigenvalue weighted by Gasteiger charge is 2.36. The number of methoxy groups -OCH3 is 1. The maximum absolute atomic E-state index is 11.9. The Kier molecular flexibility index (Phi) is 8.59. The molecule has 0 radical (unpaired) electrons. The van der Waals surface area contributed by atoms with Crippen LogP contribution in [0.5, 0.6) is 0 Å². The number of aromatic amines is 1. The summed E-state index contributed by atoms with van der Waals surface area (Å²) in [6, 6.07) is 8.39. The van der Waals surface area contributed by atoms with Crippen LogP contribution in [0, 0.1) is 11.8 Å². The average molecular weight is 498 g/mol. The first-order chi connectivity index (χ1) is 13.1. The number of fused-ring (bicyclic) bond motifs is 1. The van der Waals surface area contributed by atoms with E-state index < -0.39 is 0 Å². The van der Waals surface area contributed by atoms with Gasteiger partial charge in [0.2, 0.25) is 0 Å². The number of guanidine groups is 1. The summed E-state index contributed by atoms with van der Waals surface area (Å²) in [5.74, 6) is 0.965. The number of para-hydroxylation sites is 1. The van der Waals surface area contributed by atoms with Crippen molar-refractivity contribution in [2.45, 2.75) is 26.7 Å². The Balaban J connectivity index is 0.00000280. The minimum atomic E-state index is -0.125. The molecule has 154 valence electrons. The van der Waals surface area contributed by atoms with Gasteiger partial charge in [0.25, 0.3) is 0 Å². The quantitative estimate of drug-likeness (QED) is 0.211. The van der Waals surface area contributed by atoms with Gasteiger partial charge in [-0.25, -0.2) is 0 Å². The second kappa shape index (κ2) is 10.7. The second-order valence-corrected chi connectivity index (χ2v) is 7.21. The van der Waals surface area contributed by atoms with E-state index in [0.29, 0.717) is 6.54 Å². The van der Waals surface area contributed by atoms with Crippen molar-refractivity contribution in [3.8, 4) is 0 Å². The second-order valence-electron chi connectivity index (χ2n) is 7.21. The van der Waals surface area contributed by atoms with Crippen LogP contribution in [-0.4, -0.2) is 55.1 Å². The molecular formula is C21H31IN4O2. The van der Waals surface area contributed by atoms with Crippen LogP contribution in [-0.2, 0) is 16.0 Å². The fourth-order valence-corrected chi connectivity index (χ4v) is 3.82. The van der Waals surface area contributed by atoms with Crippen LogP contribution in [0.2, 0.25) is 0 Å². The molecule has 1 saturated heterocycles. The standard InChI is InChI=1S/C21H30N4O2.HI/c1-4-22-21(25-13-15(2)18(14-25)20(26)27-3)23-11-7-8-16-12-24-19-10-6-5-9-17(16)19;/h5-6,9-10,12,15,18,24H,4,7-8,11,13-14H2,1-3H3,(H,22,23);1H. The van der Waals surface area contributed by atoms with Crippen LogP contribution in [0.1, 0.15) is 25.8 Å². The fourth-order valence-electron chi connectivity index (χ4n) is 3.82. The van der Waals surface area contributed by atoms with Gasteiger partial charge in [0.15, 0.2) is 5.96 Å². The predicted molar refractivity (Wildman–Crippen MR) is 124 cm³/mol. The van der Waals surface area contributed by atoms with Gasteiger partial charge in [0.05, 0.1) is 13.0 Å². The Bertz CT molecular complexity index is 805. The van der Waals surface area contributed by atoms with Gasteiger partial charge in [0, 0.05) is 43.3 Å². The maximum atomic E-state index is 11.9. The number of rotatable bonds is 6. The number of aliphatic imine (C=N–C) groups is 1. The molecule has 0 aliphatic carbocycles. The minimum Gasteiger partial charge on any atom is -0.469 e. The smallest absolute Gasteiger partial charge is 0.310 e. The molecule has 1 aromatic heterocycles. The van der Waals surface area contributed by atoms with Crippen molar-refractivity contribution in [1.29, 1.82) is 0 Å². The number of halogens is 1. The highest BCUT2D eigenvalue weighted by atomic mass is 127. The first-order valence-corrected chi connectivity index (χ1v) is 9.80. The summed E-state index contributed by atoms with van der Waals surface area (Å²) in [6.07, 6.45) is 4.08. The molecule has 2 atom stereocenters. The summed E-state index contributed by atoms with van der Waals surface area (Å²) in [6.45, 7) is 7.24. The summed E-state index contributed by atoms with van der Waals surface area (Å²) in [4.78, 5) is 22.2. The Morgan fingerprint density at radius 2 is 2.14 bits per heavy atom. The molecule has 1 fully saturated rings. The first kappa shape index (κ1) is 22.5. The first-order valence-electron chi connectivity index (χ1n) is 9.80. The monoisotopic (exact) mass is 498 g/mol. The number of nitrogens with zero attached hydrogens (tertiary/aromatic N) is 2. The summed E-state index contributed by atoms with van der Waals surface area (Å²) in [5, 5.41) is 4.66. The molecule has 0 spiro atoms. The lowest BCUT2D eigenvalue weighted by molar-refractivity contribution is -0.145. The number of carbonyl (C=O) groups excluding carboxylic acids is 1. The maximum Gasteiger partial charge on any atom is 0.310 e. The number of aromatic nitrogens is 1. The SMILES string of the molecule is CCNC(=NCCCc1c[nH]c2ccccc12)N1CC(C)C(C(=O)OC)C1.I. The number of esters is 1. The molecule has 2 heterocycles.